The molecule has 1 fully saturated rings. The molecular formula is C15H20N2. The Balaban J connectivity index is 2.01. The average Bonchev–Trinajstić information content (AvgIpc) is 2.40. The maximum Gasteiger partial charge on any atom is 0.0991 e. The Hall–Kier alpha value is -1.33. The van der Waals surface area contributed by atoms with Gasteiger partial charge in [0.2, 0.25) is 0 Å². The van der Waals surface area contributed by atoms with E-state index in [0.717, 1.165) is 18.2 Å². The smallest absolute Gasteiger partial charge is 0.0991 e. The van der Waals surface area contributed by atoms with Crippen molar-refractivity contribution >= 4 is 0 Å². The van der Waals surface area contributed by atoms with Crippen LogP contribution in [0, 0.1) is 11.3 Å². The molecule has 90 valence electrons. The summed E-state index contributed by atoms with van der Waals surface area (Å²) in [5.41, 5.74) is 2.07. The molecule has 2 rings (SSSR count). The number of benzene rings is 1. The average molecular weight is 228 g/mol. The molecule has 0 amide bonds. The third-order valence-electron chi connectivity index (χ3n) is 3.69. The van der Waals surface area contributed by atoms with Gasteiger partial charge in [0.1, 0.15) is 0 Å². The van der Waals surface area contributed by atoms with Crippen LogP contribution in [-0.4, -0.2) is 17.5 Å². The topological polar surface area (TPSA) is 27.0 Å². The van der Waals surface area contributed by atoms with Gasteiger partial charge in [-0.15, -0.1) is 0 Å². The number of nitrogens with zero attached hydrogens (tertiary/aromatic N) is 2. The Morgan fingerprint density at radius 3 is 2.71 bits per heavy atom. The van der Waals surface area contributed by atoms with Gasteiger partial charge >= 0.3 is 0 Å². The van der Waals surface area contributed by atoms with Gasteiger partial charge in [0, 0.05) is 12.6 Å². The highest BCUT2D eigenvalue weighted by molar-refractivity contribution is 5.31. The zero-order valence-corrected chi connectivity index (χ0v) is 10.5. The van der Waals surface area contributed by atoms with Gasteiger partial charge in [-0.05, 0) is 43.5 Å². The van der Waals surface area contributed by atoms with Crippen LogP contribution in [0.1, 0.15) is 43.7 Å². The molecule has 0 bridgehead atoms. The summed E-state index contributed by atoms with van der Waals surface area (Å²) < 4.78 is 0. The van der Waals surface area contributed by atoms with E-state index < -0.39 is 0 Å². The van der Waals surface area contributed by atoms with Crippen molar-refractivity contribution in [2.45, 2.75) is 45.2 Å². The fourth-order valence-electron chi connectivity index (χ4n) is 2.65. The molecule has 0 N–H and O–H groups in total. The second kappa shape index (κ2) is 5.84. The predicted octanol–water partition coefficient (Wildman–Crippen LogP) is 3.32. The van der Waals surface area contributed by atoms with E-state index in [9.17, 15) is 0 Å². The van der Waals surface area contributed by atoms with Crippen LogP contribution in [-0.2, 0) is 6.54 Å². The second-order valence-corrected chi connectivity index (χ2v) is 4.84. The molecule has 1 aromatic rings. The molecule has 1 heterocycles. The zero-order chi connectivity index (χ0) is 12.1. The molecule has 1 aromatic carbocycles. The fourth-order valence-corrected chi connectivity index (χ4v) is 2.65. The molecule has 1 aliphatic heterocycles. The molecule has 1 aliphatic rings. The van der Waals surface area contributed by atoms with E-state index in [4.69, 9.17) is 5.26 Å². The van der Waals surface area contributed by atoms with Gasteiger partial charge in [-0.2, -0.15) is 5.26 Å². The SMILES string of the molecule is CCC1CCCCN1Cc1ccc(C#N)cc1. The number of likely N-dealkylation sites (tertiary alicyclic amines) is 1. The highest BCUT2D eigenvalue weighted by Gasteiger charge is 2.20. The lowest BCUT2D eigenvalue weighted by molar-refractivity contribution is 0.136. The molecule has 2 heteroatoms. The Bertz CT molecular complexity index is 388. The van der Waals surface area contributed by atoms with Gasteiger partial charge in [-0.3, -0.25) is 4.90 Å². The van der Waals surface area contributed by atoms with E-state index in [1.54, 1.807) is 0 Å². The number of hydrogen-bond acceptors (Lipinski definition) is 2. The molecule has 1 atom stereocenters. The summed E-state index contributed by atoms with van der Waals surface area (Å²) in [5.74, 6) is 0. The van der Waals surface area contributed by atoms with Gasteiger partial charge < -0.3 is 0 Å². The maximum atomic E-state index is 8.77. The lowest BCUT2D eigenvalue weighted by atomic mass is 9.99. The van der Waals surface area contributed by atoms with Crippen molar-refractivity contribution < 1.29 is 0 Å². The van der Waals surface area contributed by atoms with Crippen LogP contribution >= 0.6 is 0 Å². The Labute approximate surface area is 104 Å². The van der Waals surface area contributed by atoms with Crippen molar-refractivity contribution in [1.82, 2.24) is 4.90 Å². The fraction of sp³-hybridized carbons (Fsp3) is 0.533. The standard InChI is InChI=1S/C15H20N2/c1-2-15-5-3-4-10-17(15)12-14-8-6-13(11-16)7-9-14/h6-9,15H,2-5,10,12H2,1H3. The maximum absolute atomic E-state index is 8.77. The minimum absolute atomic E-state index is 0.749. The lowest BCUT2D eigenvalue weighted by Crippen LogP contribution is -2.38. The van der Waals surface area contributed by atoms with Gasteiger partial charge in [0.15, 0.2) is 0 Å². The van der Waals surface area contributed by atoms with Crippen LogP contribution in [0.2, 0.25) is 0 Å². The number of piperidine rings is 1. The van der Waals surface area contributed by atoms with Crippen molar-refractivity contribution in [3.05, 3.63) is 35.4 Å². The molecule has 1 saturated heterocycles. The molecule has 1 unspecified atom stereocenters. The third kappa shape index (κ3) is 3.08. The normalized spacial score (nSPS) is 21.1. The minimum atomic E-state index is 0.749. The van der Waals surface area contributed by atoms with E-state index in [-0.39, 0.29) is 0 Å². The monoisotopic (exact) mass is 228 g/mol. The van der Waals surface area contributed by atoms with Crippen molar-refractivity contribution in [2.24, 2.45) is 0 Å². The highest BCUT2D eigenvalue weighted by Crippen LogP contribution is 2.21. The Kier molecular flexibility index (Phi) is 4.17. The summed E-state index contributed by atoms with van der Waals surface area (Å²) in [7, 11) is 0. The summed E-state index contributed by atoms with van der Waals surface area (Å²) in [5, 5.41) is 8.77. The first kappa shape index (κ1) is 12.1. The number of rotatable bonds is 3. The molecule has 0 saturated carbocycles. The van der Waals surface area contributed by atoms with E-state index in [1.165, 1.54) is 37.8 Å². The molecule has 17 heavy (non-hydrogen) atoms. The lowest BCUT2D eigenvalue weighted by Gasteiger charge is -2.35. The predicted molar refractivity (Wildman–Crippen MR) is 69.5 cm³/mol. The van der Waals surface area contributed by atoms with Crippen LogP contribution in [0.25, 0.3) is 0 Å². The molecule has 0 aliphatic carbocycles. The first-order chi connectivity index (χ1) is 8.33. The molecule has 0 spiro atoms. The van der Waals surface area contributed by atoms with E-state index in [0.29, 0.717) is 0 Å². The van der Waals surface area contributed by atoms with Crippen LogP contribution in [0.3, 0.4) is 0 Å². The summed E-state index contributed by atoms with van der Waals surface area (Å²) >= 11 is 0. The van der Waals surface area contributed by atoms with Gasteiger partial charge in [0.05, 0.1) is 11.6 Å². The minimum Gasteiger partial charge on any atom is -0.296 e. The summed E-state index contributed by atoms with van der Waals surface area (Å²) in [6.45, 7) is 4.53. The van der Waals surface area contributed by atoms with Crippen LogP contribution in [0.5, 0.6) is 0 Å². The Morgan fingerprint density at radius 2 is 2.06 bits per heavy atom. The number of nitriles is 1. The van der Waals surface area contributed by atoms with Gasteiger partial charge in [-0.25, -0.2) is 0 Å². The number of hydrogen-bond donors (Lipinski definition) is 0. The summed E-state index contributed by atoms with van der Waals surface area (Å²) in [4.78, 5) is 2.59. The van der Waals surface area contributed by atoms with E-state index in [2.05, 4.69) is 30.0 Å². The van der Waals surface area contributed by atoms with E-state index >= 15 is 0 Å². The molecule has 2 nitrogen and oxygen atoms in total. The highest BCUT2D eigenvalue weighted by atomic mass is 15.2. The van der Waals surface area contributed by atoms with E-state index in [1.807, 2.05) is 12.1 Å². The van der Waals surface area contributed by atoms with Crippen LogP contribution in [0.15, 0.2) is 24.3 Å². The van der Waals surface area contributed by atoms with Crippen LogP contribution in [0.4, 0.5) is 0 Å². The second-order valence-electron chi connectivity index (χ2n) is 4.84. The quantitative estimate of drug-likeness (QED) is 0.793. The van der Waals surface area contributed by atoms with Gasteiger partial charge in [0.25, 0.3) is 0 Å². The third-order valence-corrected chi connectivity index (χ3v) is 3.69. The largest absolute Gasteiger partial charge is 0.296 e. The van der Waals surface area contributed by atoms with Crippen molar-refractivity contribution in [3.8, 4) is 6.07 Å². The Morgan fingerprint density at radius 1 is 1.29 bits per heavy atom. The zero-order valence-electron chi connectivity index (χ0n) is 10.5. The van der Waals surface area contributed by atoms with Crippen molar-refractivity contribution in [2.75, 3.05) is 6.54 Å². The van der Waals surface area contributed by atoms with Gasteiger partial charge in [-0.1, -0.05) is 25.5 Å². The summed E-state index contributed by atoms with van der Waals surface area (Å²) in [6, 6.07) is 10.9. The molecule has 0 aromatic heterocycles. The first-order valence-electron chi connectivity index (χ1n) is 6.56. The van der Waals surface area contributed by atoms with Crippen molar-refractivity contribution in [1.29, 1.82) is 5.26 Å². The molecule has 0 radical (unpaired) electrons. The first-order valence-corrected chi connectivity index (χ1v) is 6.56. The summed E-state index contributed by atoms with van der Waals surface area (Å²) in [6.07, 6.45) is 5.29. The molecular weight excluding hydrogens is 208 g/mol. The van der Waals surface area contributed by atoms with Crippen molar-refractivity contribution in [3.63, 3.8) is 0 Å². The van der Waals surface area contributed by atoms with Crippen LogP contribution < -0.4 is 0 Å².